The Labute approximate surface area is 194 Å². The highest BCUT2D eigenvalue weighted by molar-refractivity contribution is 7.99. The number of ether oxygens (including phenoxy) is 2. The van der Waals surface area contributed by atoms with Crippen LogP contribution in [0.4, 0.5) is 4.39 Å². The van der Waals surface area contributed by atoms with E-state index >= 15 is 0 Å². The van der Waals surface area contributed by atoms with Crippen LogP contribution in [0.5, 0.6) is 5.75 Å². The Bertz CT molecular complexity index is 1200. The molecule has 4 rings (SSSR count). The number of carbonyl (C=O) groups excluding carboxylic acids is 1. The number of nitrogens with zero attached hydrogens (tertiary/aromatic N) is 2. The SMILES string of the molecule is O=C(CSc1nc2ccccc2n1Cc1ccc(F)cc1)OCCOc1ccc(Cl)cc1. The van der Waals surface area contributed by atoms with Crippen molar-refractivity contribution in [3.63, 3.8) is 0 Å². The molecule has 0 N–H and O–H groups in total. The quantitative estimate of drug-likeness (QED) is 0.181. The summed E-state index contributed by atoms with van der Waals surface area (Å²) in [4.78, 5) is 16.9. The predicted octanol–water partition coefficient (Wildman–Crippen LogP) is 5.59. The molecular weight excluding hydrogens is 451 g/mol. The number of benzene rings is 3. The van der Waals surface area contributed by atoms with Crippen molar-refractivity contribution in [1.82, 2.24) is 9.55 Å². The first-order chi connectivity index (χ1) is 15.6. The zero-order valence-electron chi connectivity index (χ0n) is 17.0. The molecule has 32 heavy (non-hydrogen) atoms. The Hall–Kier alpha value is -3.03. The van der Waals surface area contributed by atoms with Crippen LogP contribution in [-0.2, 0) is 16.1 Å². The van der Waals surface area contributed by atoms with Crippen molar-refractivity contribution in [1.29, 1.82) is 0 Å². The monoisotopic (exact) mass is 470 g/mol. The van der Waals surface area contributed by atoms with E-state index in [2.05, 4.69) is 4.98 Å². The molecule has 5 nitrogen and oxygen atoms in total. The number of para-hydroxylation sites is 2. The van der Waals surface area contributed by atoms with Crippen LogP contribution in [0.1, 0.15) is 5.56 Å². The molecule has 0 amide bonds. The largest absolute Gasteiger partial charge is 0.490 e. The highest BCUT2D eigenvalue weighted by atomic mass is 35.5. The minimum absolute atomic E-state index is 0.119. The Morgan fingerprint density at radius 2 is 1.75 bits per heavy atom. The maximum atomic E-state index is 13.3. The molecule has 0 aliphatic rings. The lowest BCUT2D eigenvalue weighted by molar-refractivity contribution is -0.141. The molecule has 8 heteroatoms. The Balaban J connectivity index is 1.34. The number of hydrogen-bond acceptors (Lipinski definition) is 5. The third-order valence-electron chi connectivity index (χ3n) is 4.62. The van der Waals surface area contributed by atoms with Gasteiger partial charge in [-0.3, -0.25) is 4.79 Å². The lowest BCUT2D eigenvalue weighted by atomic mass is 10.2. The number of aromatic nitrogens is 2. The van der Waals surface area contributed by atoms with E-state index in [-0.39, 0.29) is 30.8 Å². The Morgan fingerprint density at radius 3 is 2.53 bits per heavy atom. The van der Waals surface area contributed by atoms with Gasteiger partial charge in [0.15, 0.2) is 5.16 Å². The van der Waals surface area contributed by atoms with Gasteiger partial charge in [0.1, 0.15) is 24.8 Å². The molecule has 0 radical (unpaired) electrons. The van der Waals surface area contributed by atoms with Crippen LogP contribution in [0.3, 0.4) is 0 Å². The van der Waals surface area contributed by atoms with Crippen molar-refractivity contribution < 1.29 is 18.7 Å². The highest BCUT2D eigenvalue weighted by Gasteiger charge is 2.14. The van der Waals surface area contributed by atoms with Gasteiger partial charge in [0.05, 0.1) is 23.3 Å². The van der Waals surface area contributed by atoms with Gasteiger partial charge in [-0.25, -0.2) is 9.37 Å². The summed E-state index contributed by atoms with van der Waals surface area (Å²) < 4.78 is 26.1. The molecule has 0 aliphatic carbocycles. The van der Waals surface area contributed by atoms with Gasteiger partial charge >= 0.3 is 5.97 Å². The van der Waals surface area contributed by atoms with Crippen molar-refractivity contribution in [2.24, 2.45) is 0 Å². The van der Waals surface area contributed by atoms with Gasteiger partial charge in [0.2, 0.25) is 0 Å². The number of esters is 1. The van der Waals surface area contributed by atoms with E-state index < -0.39 is 0 Å². The standard InChI is InChI=1S/C24H20ClFN2O3S/c25-18-7-11-20(12-8-18)30-13-14-31-23(29)16-32-24-27-21-3-1-2-4-22(21)28(24)15-17-5-9-19(26)10-6-17/h1-12H,13-16H2. The summed E-state index contributed by atoms with van der Waals surface area (Å²) in [6.07, 6.45) is 0. The second kappa shape index (κ2) is 10.5. The molecule has 164 valence electrons. The number of carbonyl (C=O) groups is 1. The normalized spacial score (nSPS) is 10.9. The predicted molar refractivity (Wildman–Crippen MR) is 124 cm³/mol. The van der Waals surface area contributed by atoms with Crippen molar-refractivity contribution in [3.8, 4) is 5.75 Å². The first-order valence-electron chi connectivity index (χ1n) is 9.95. The molecule has 0 spiro atoms. The number of fused-ring (bicyclic) bond motifs is 1. The zero-order valence-corrected chi connectivity index (χ0v) is 18.6. The van der Waals surface area contributed by atoms with Gasteiger partial charge in [0, 0.05) is 5.02 Å². The number of halogens is 2. The van der Waals surface area contributed by atoms with Gasteiger partial charge in [-0.1, -0.05) is 47.6 Å². The van der Waals surface area contributed by atoms with Crippen LogP contribution < -0.4 is 4.74 Å². The van der Waals surface area contributed by atoms with E-state index in [1.54, 1.807) is 36.4 Å². The Morgan fingerprint density at radius 1 is 1.00 bits per heavy atom. The minimum atomic E-state index is -0.352. The van der Waals surface area contributed by atoms with Crippen LogP contribution in [0, 0.1) is 5.82 Å². The van der Waals surface area contributed by atoms with E-state index in [1.165, 1.54) is 23.9 Å². The van der Waals surface area contributed by atoms with Crippen LogP contribution in [0.25, 0.3) is 11.0 Å². The second-order valence-corrected chi connectivity index (χ2v) is 8.29. The van der Waals surface area contributed by atoms with Gasteiger partial charge in [-0.05, 0) is 54.1 Å². The summed E-state index contributed by atoms with van der Waals surface area (Å²) in [5.74, 6) is 0.152. The fourth-order valence-corrected chi connectivity index (χ4v) is 4.04. The topological polar surface area (TPSA) is 53.4 Å². The Kier molecular flexibility index (Phi) is 7.29. The molecule has 0 aliphatic heterocycles. The van der Waals surface area contributed by atoms with Crippen molar-refractivity contribution in [2.45, 2.75) is 11.7 Å². The summed E-state index contributed by atoms with van der Waals surface area (Å²) in [6, 6.07) is 21.1. The molecule has 0 saturated heterocycles. The molecule has 1 aromatic heterocycles. The molecule has 4 aromatic rings. The molecule has 0 saturated carbocycles. The number of thioether (sulfide) groups is 1. The fraction of sp³-hybridized carbons (Fsp3) is 0.167. The second-order valence-electron chi connectivity index (χ2n) is 6.91. The van der Waals surface area contributed by atoms with Crippen molar-refractivity contribution in [3.05, 3.63) is 89.2 Å². The summed E-state index contributed by atoms with van der Waals surface area (Å²) in [7, 11) is 0. The van der Waals surface area contributed by atoms with Gasteiger partial charge in [-0.15, -0.1) is 0 Å². The summed E-state index contributed by atoms with van der Waals surface area (Å²) in [6.45, 7) is 0.919. The average molecular weight is 471 g/mol. The number of hydrogen-bond donors (Lipinski definition) is 0. The van der Waals surface area contributed by atoms with E-state index in [0.29, 0.717) is 22.5 Å². The third-order valence-corrected chi connectivity index (χ3v) is 5.82. The third kappa shape index (κ3) is 5.81. The first kappa shape index (κ1) is 22.2. The van der Waals surface area contributed by atoms with Crippen molar-refractivity contribution >= 4 is 40.4 Å². The van der Waals surface area contributed by atoms with Gasteiger partial charge in [0.25, 0.3) is 0 Å². The minimum Gasteiger partial charge on any atom is -0.490 e. The lowest BCUT2D eigenvalue weighted by Crippen LogP contribution is -2.14. The molecule has 0 fully saturated rings. The zero-order chi connectivity index (χ0) is 22.3. The summed E-state index contributed by atoms with van der Waals surface area (Å²) in [5, 5.41) is 1.33. The maximum absolute atomic E-state index is 13.3. The van der Waals surface area contributed by atoms with Gasteiger partial charge < -0.3 is 14.0 Å². The smallest absolute Gasteiger partial charge is 0.316 e. The summed E-state index contributed by atoms with van der Waals surface area (Å²) >= 11 is 7.15. The van der Waals surface area contributed by atoms with E-state index in [1.807, 2.05) is 28.8 Å². The molecule has 0 bridgehead atoms. The highest BCUT2D eigenvalue weighted by Crippen LogP contribution is 2.25. The van der Waals surface area contributed by atoms with E-state index in [9.17, 15) is 9.18 Å². The van der Waals surface area contributed by atoms with Crippen LogP contribution in [-0.4, -0.2) is 34.5 Å². The van der Waals surface area contributed by atoms with Gasteiger partial charge in [-0.2, -0.15) is 0 Å². The molecule has 0 atom stereocenters. The molecular formula is C24H20ClFN2O3S. The number of imidazole rings is 1. The molecule has 1 heterocycles. The van der Waals surface area contributed by atoms with Crippen LogP contribution in [0.15, 0.2) is 78.0 Å². The molecule has 0 unspecified atom stereocenters. The molecule has 3 aromatic carbocycles. The first-order valence-corrected chi connectivity index (χ1v) is 11.3. The number of rotatable bonds is 9. The van der Waals surface area contributed by atoms with Crippen molar-refractivity contribution in [2.75, 3.05) is 19.0 Å². The maximum Gasteiger partial charge on any atom is 0.316 e. The fourth-order valence-electron chi connectivity index (χ4n) is 3.10. The van der Waals surface area contributed by atoms with Crippen LogP contribution >= 0.6 is 23.4 Å². The lowest BCUT2D eigenvalue weighted by Gasteiger charge is -2.10. The van der Waals surface area contributed by atoms with Crippen LogP contribution in [0.2, 0.25) is 5.02 Å². The summed E-state index contributed by atoms with van der Waals surface area (Å²) in [5.41, 5.74) is 2.73. The van der Waals surface area contributed by atoms with E-state index in [4.69, 9.17) is 21.1 Å². The average Bonchev–Trinajstić information content (AvgIpc) is 3.15. The van der Waals surface area contributed by atoms with E-state index in [0.717, 1.165) is 16.6 Å².